The normalized spacial score (nSPS) is 11.7. The first-order chi connectivity index (χ1) is 9.88. The fraction of sp³-hybridized carbons (Fsp3) is 0.125. The van der Waals surface area contributed by atoms with Gasteiger partial charge in [-0.3, -0.25) is 0 Å². The van der Waals surface area contributed by atoms with Crippen LogP contribution in [-0.4, -0.2) is 21.1 Å². The van der Waals surface area contributed by atoms with E-state index in [1.807, 2.05) is 36.4 Å². The van der Waals surface area contributed by atoms with Crippen LogP contribution in [0, 0.1) is 0 Å². The second-order valence-electron chi connectivity index (χ2n) is 4.84. The number of hydrogen-bond donors (Lipinski definition) is 1. The van der Waals surface area contributed by atoms with Crippen molar-refractivity contribution in [1.82, 2.24) is 14.5 Å². The number of benzene rings is 2. The molecule has 2 heterocycles. The van der Waals surface area contributed by atoms with Gasteiger partial charge in [-0.2, -0.15) is 0 Å². The average molecular weight is 262 g/mol. The molecular formula is C16H14N4. The summed E-state index contributed by atoms with van der Waals surface area (Å²) in [4.78, 5) is 9.56. The molecule has 4 nitrogen and oxygen atoms in total. The Bertz CT molecular complexity index is 924. The fourth-order valence-corrected chi connectivity index (χ4v) is 2.74. The van der Waals surface area contributed by atoms with Crippen molar-refractivity contribution >= 4 is 33.1 Å². The molecule has 0 atom stereocenters. The third-order valence-corrected chi connectivity index (χ3v) is 3.61. The van der Waals surface area contributed by atoms with Crippen LogP contribution in [-0.2, 0) is 6.54 Å². The topological polar surface area (TPSA) is 56.7 Å². The summed E-state index contributed by atoms with van der Waals surface area (Å²) in [6.45, 7) is 1.33. The summed E-state index contributed by atoms with van der Waals surface area (Å²) in [5.41, 5.74) is 10.6. The third kappa shape index (κ3) is 1.52. The van der Waals surface area contributed by atoms with E-state index in [0.717, 1.165) is 39.6 Å². The Hall–Kier alpha value is -2.46. The summed E-state index contributed by atoms with van der Waals surface area (Å²) in [6, 6.07) is 16.2. The van der Waals surface area contributed by atoms with Gasteiger partial charge in [0.25, 0.3) is 0 Å². The molecule has 4 aromatic rings. The standard InChI is InChI=1S/C16H14N4/c17-9-10-20-14-8-4-1-5-11(14)15-16(20)19-13-7-3-2-6-12(13)18-15/h1-8H,9-10,17H2. The van der Waals surface area contributed by atoms with Gasteiger partial charge in [-0.05, 0) is 18.2 Å². The van der Waals surface area contributed by atoms with E-state index in [0.29, 0.717) is 6.54 Å². The van der Waals surface area contributed by atoms with Crippen LogP contribution in [0.1, 0.15) is 0 Å². The van der Waals surface area contributed by atoms with Crippen molar-refractivity contribution in [3.05, 3.63) is 48.5 Å². The summed E-state index contributed by atoms with van der Waals surface area (Å²) < 4.78 is 2.16. The lowest BCUT2D eigenvalue weighted by atomic mass is 10.2. The monoisotopic (exact) mass is 262 g/mol. The van der Waals surface area contributed by atoms with Gasteiger partial charge in [0.1, 0.15) is 5.52 Å². The maximum atomic E-state index is 5.75. The smallest absolute Gasteiger partial charge is 0.160 e. The Morgan fingerprint density at radius 3 is 2.40 bits per heavy atom. The van der Waals surface area contributed by atoms with Gasteiger partial charge < -0.3 is 10.3 Å². The zero-order chi connectivity index (χ0) is 13.5. The summed E-state index contributed by atoms with van der Waals surface area (Å²) in [6.07, 6.45) is 0. The number of hydrogen-bond acceptors (Lipinski definition) is 3. The lowest BCUT2D eigenvalue weighted by Gasteiger charge is -2.04. The van der Waals surface area contributed by atoms with Crippen molar-refractivity contribution in [2.75, 3.05) is 6.54 Å². The van der Waals surface area contributed by atoms with E-state index in [1.54, 1.807) is 0 Å². The zero-order valence-electron chi connectivity index (χ0n) is 11.0. The molecule has 0 radical (unpaired) electrons. The van der Waals surface area contributed by atoms with Crippen LogP contribution in [0.5, 0.6) is 0 Å². The van der Waals surface area contributed by atoms with E-state index in [2.05, 4.69) is 16.7 Å². The van der Waals surface area contributed by atoms with Crippen molar-refractivity contribution in [2.45, 2.75) is 6.54 Å². The summed E-state index contributed by atoms with van der Waals surface area (Å²) >= 11 is 0. The molecule has 20 heavy (non-hydrogen) atoms. The summed E-state index contributed by atoms with van der Waals surface area (Å²) in [5, 5.41) is 1.13. The molecule has 2 aromatic carbocycles. The van der Waals surface area contributed by atoms with E-state index in [9.17, 15) is 0 Å². The number of nitrogens with two attached hydrogens (primary N) is 1. The molecule has 4 heteroatoms. The SMILES string of the molecule is NCCn1c2ccccc2c2nc3ccccc3nc21. The number of fused-ring (bicyclic) bond motifs is 4. The highest BCUT2D eigenvalue weighted by molar-refractivity contribution is 6.06. The highest BCUT2D eigenvalue weighted by Crippen LogP contribution is 2.27. The largest absolute Gasteiger partial charge is 0.329 e. The van der Waals surface area contributed by atoms with Gasteiger partial charge in [0.2, 0.25) is 0 Å². The molecule has 98 valence electrons. The summed E-state index contributed by atoms with van der Waals surface area (Å²) in [7, 11) is 0. The van der Waals surface area contributed by atoms with Crippen molar-refractivity contribution in [1.29, 1.82) is 0 Å². The Kier molecular flexibility index (Phi) is 2.44. The number of aromatic nitrogens is 3. The van der Waals surface area contributed by atoms with Crippen LogP contribution in [0.4, 0.5) is 0 Å². The van der Waals surface area contributed by atoms with E-state index in [1.165, 1.54) is 0 Å². The van der Waals surface area contributed by atoms with E-state index in [-0.39, 0.29) is 0 Å². The fourth-order valence-electron chi connectivity index (χ4n) is 2.74. The van der Waals surface area contributed by atoms with Gasteiger partial charge in [-0.25, -0.2) is 9.97 Å². The molecule has 0 unspecified atom stereocenters. The molecule has 0 saturated heterocycles. The summed E-state index contributed by atoms with van der Waals surface area (Å²) in [5.74, 6) is 0. The maximum Gasteiger partial charge on any atom is 0.160 e. The minimum absolute atomic E-state index is 0.586. The van der Waals surface area contributed by atoms with Crippen LogP contribution in [0.15, 0.2) is 48.5 Å². The predicted octanol–water partition coefficient (Wildman–Crippen LogP) is 2.70. The maximum absolute atomic E-state index is 5.75. The number of nitrogens with zero attached hydrogens (tertiary/aromatic N) is 3. The van der Waals surface area contributed by atoms with E-state index >= 15 is 0 Å². The first-order valence-corrected chi connectivity index (χ1v) is 6.72. The Labute approximate surface area is 115 Å². The molecule has 0 aliphatic heterocycles. The second kappa shape index (κ2) is 4.28. The molecule has 0 aliphatic carbocycles. The minimum Gasteiger partial charge on any atom is -0.329 e. The van der Waals surface area contributed by atoms with Gasteiger partial charge in [0.15, 0.2) is 5.65 Å². The van der Waals surface area contributed by atoms with Gasteiger partial charge in [0, 0.05) is 18.5 Å². The second-order valence-corrected chi connectivity index (χ2v) is 4.84. The van der Waals surface area contributed by atoms with Crippen LogP contribution >= 0.6 is 0 Å². The van der Waals surface area contributed by atoms with E-state index < -0.39 is 0 Å². The minimum atomic E-state index is 0.586. The van der Waals surface area contributed by atoms with Crippen LogP contribution < -0.4 is 5.73 Å². The first kappa shape index (κ1) is 11.4. The van der Waals surface area contributed by atoms with Gasteiger partial charge >= 0.3 is 0 Å². The molecule has 0 spiro atoms. The van der Waals surface area contributed by atoms with Gasteiger partial charge in [-0.15, -0.1) is 0 Å². The average Bonchev–Trinajstić information content (AvgIpc) is 2.80. The Balaban J connectivity index is 2.22. The third-order valence-electron chi connectivity index (χ3n) is 3.61. The molecule has 0 fully saturated rings. The number of rotatable bonds is 2. The lowest BCUT2D eigenvalue weighted by Crippen LogP contribution is -2.10. The van der Waals surface area contributed by atoms with Crippen molar-refractivity contribution in [3.8, 4) is 0 Å². The van der Waals surface area contributed by atoms with Crippen LogP contribution in [0.3, 0.4) is 0 Å². The first-order valence-electron chi connectivity index (χ1n) is 6.72. The molecular weight excluding hydrogens is 248 g/mol. The molecule has 0 amide bonds. The molecule has 0 bridgehead atoms. The lowest BCUT2D eigenvalue weighted by molar-refractivity contribution is 0.751. The molecule has 0 aliphatic rings. The van der Waals surface area contributed by atoms with Crippen molar-refractivity contribution < 1.29 is 0 Å². The highest BCUT2D eigenvalue weighted by atomic mass is 15.1. The van der Waals surface area contributed by atoms with Crippen molar-refractivity contribution in [2.24, 2.45) is 5.73 Å². The number of para-hydroxylation sites is 3. The van der Waals surface area contributed by atoms with Crippen LogP contribution in [0.2, 0.25) is 0 Å². The molecule has 2 N–H and O–H groups in total. The quantitative estimate of drug-likeness (QED) is 0.604. The Morgan fingerprint density at radius 1 is 0.900 bits per heavy atom. The van der Waals surface area contributed by atoms with Crippen LogP contribution in [0.25, 0.3) is 33.1 Å². The molecule has 0 saturated carbocycles. The molecule has 4 rings (SSSR count). The predicted molar refractivity (Wildman–Crippen MR) is 81.6 cm³/mol. The molecule has 2 aromatic heterocycles. The zero-order valence-corrected chi connectivity index (χ0v) is 11.0. The van der Waals surface area contributed by atoms with Gasteiger partial charge in [-0.1, -0.05) is 30.3 Å². The van der Waals surface area contributed by atoms with Gasteiger partial charge in [0.05, 0.1) is 16.6 Å². The Morgan fingerprint density at radius 2 is 1.60 bits per heavy atom. The van der Waals surface area contributed by atoms with E-state index in [4.69, 9.17) is 15.7 Å². The van der Waals surface area contributed by atoms with Crippen molar-refractivity contribution in [3.63, 3.8) is 0 Å². The highest BCUT2D eigenvalue weighted by Gasteiger charge is 2.13.